The van der Waals surface area contributed by atoms with Crippen molar-refractivity contribution in [1.82, 2.24) is 0 Å². The number of carbonyl (C=O) groups is 2. The Morgan fingerprint density at radius 2 is 1.49 bits per heavy atom. The number of carboxylic acid groups (broad SMARTS) is 2. The molecule has 35 heavy (non-hydrogen) atoms. The molecule has 0 aliphatic heterocycles. The third kappa shape index (κ3) is 2.75. The van der Waals surface area contributed by atoms with Gasteiger partial charge in [0.05, 0.1) is 17.4 Å². The highest BCUT2D eigenvalue weighted by molar-refractivity contribution is 5.76. The van der Waals surface area contributed by atoms with Crippen molar-refractivity contribution in [3.8, 4) is 0 Å². The van der Waals surface area contributed by atoms with Crippen molar-refractivity contribution in [2.24, 2.45) is 62.6 Å². The fraction of sp³-hybridized carbons (Fsp3) is 0.867. The Morgan fingerprint density at radius 3 is 2.06 bits per heavy atom. The molecule has 5 aliphatic rings. The maximum atomic E-state index is 12.8. The van der Waals surface area contributed by atoms with E-state index >= 15 is 0 Å². The summed E-state index contributed by atoms with van der Waals surface area (Å²) in [5, 5.41) is 32.2. The summed E-state index contributed by atoms with van der Waals surface area (Å²) < 4.78 is 0. The van der Waals surface area contributed by atoms with Crippen LogP contribution < -0.4 is 0 Å². The largest absolute Gasteiger partial charge is 0.481 e. The van der Waals surface area contributed by atoms with Crippen molar-refractivity contribution < 1.29 is 24.9 Å². The molecule has 196 valence electrons. The second-order valence-electron chi connectivity index (χ2n) is 14.6. The van der Waals surface area contributed by atoms with E-state index in [1.807, 2.05) is 0 Å². The number of aliphatic hydroxyl groups excluding tert-OH is 1. The first-order chi connectivity index (χ1) is 16.1. The van der Waals surface area contributed by atoms with E-state index in [0.717, 1.165) is 50.5 Å². The molecule has 0 amide bonds. The Morgan fingerprint density at radius 1 is 0.829 bits per heavy atom. The second-order valence-corrected chi connectivity index (χ2v) is 14.6. The van der Waals surface area contributed by atoms with Crippen molar-refractivity contribution >= 4 is 11.9 Å². The van der Waals surface area contributed by atoms with Crippen LogP contribution in [0, 0.1) is 62.6 Å². The van der Waals surface area contributed by atoms with Gasteiger partial charge in [0.1, 0.15) is 0 Å². The topological polar surface area (TPSA) is 94.8 Å². The zero-order valence-corrected chi connectivity index (χ0v) is 22.6. The molecular weight excluding hydrogens is 440 g/mol. The standard InChI is InChI=1S/C30H46O5/c1-16(2)17-10-13-30(25(34)35)15-14-27(5)18(21(17)30)8-9-20-28(27,6)12-11-19-26(3,4)23(31)22(24(32)33)29(19,20)7/h17-23,31H,1,8-15H2,2-7H3,(H,32,33)(H,34,35)/t17-,18+,19-,20-,21-,22+,23-,27+,28+,29-,30-/m0/s1. The summed E-state index contributed by atoms with van der Waals surface area (Å²) >= 11 is 0. The van der Waals surface area contributed by atoms with Gasteiger partial charge in [-0.15, -0.1) is 0 Å². The molecule has 5 nitrogen and oxygen atoms in total. The quantitative estimate of drug-likeness (QED) is 0.425. The van der Waals surface area contributed by atoms with Crippen LogP contribution in [-0.4, -0.2) is 33.4 Å². The van der Waals surface area contributed by atoms with E-state index < -0.39 is 40.2 Å². The number of rotatable bonds is 3. The second kappa shape index (κ2) is 7.36. The molecule has 5 saturated carbocycles. The third-order valence-corrected chi connectivity index (χ3v) is 13.6. The first-order valence-corrected chi connectivity index (χ1v) is 13.9. The minimum Gasteiger partial charge on any atom is -0.481 e. The number of hydrogen-bond donors (Lipinski definition) is 3. The van der Waals surface area contributed by atoms with Crippen molar-refractivity contribution in [2.75, 3.05) is 0 Å². The summed E-state index contributed by atoms with van der Waals surface area (Å²) in [4.78, 5) is 25.4. The number of allylic oxidation sites excluding steroid dienone is 1. The van der Waals surface area contributed by atoms with Crippen LogP contribution in [0.15, 0.2) is 12.2 Å². The molecule has 5 aliphatic carbocycles. The number of aliphatic hydroxyl groups is 1. The summed E-state index contributed by atoms with van der Waals surface area (Å²) in [6.45, 7) is 17.5. The molecule has 0 aromatic heterocycles. The summed E-state index contributed by atoms with van der Waals surface area (Å²) in [6.07, 6.45) is 6.24. The van der Waals surface area contributed by atoms with E-state index in [-0.39, 0.29) is 34.5 Å². The van der Waals surface area contributed by atoms with E-state index in [1.54, 1.807) is 0 Å². The van der Waals surface area contributed by atoms with Gasteiger partial charge < -0.3 is 15.3 Å². The Kier molecular flexibility index (Phi) is 5.32. The summed E-state index contributed by atoms with van der Waals surface area (Å²) in [5.41, 5.74) is -0.558. The van der Waals surface area contributed by atoms with Gasteiger partial charge in [0.2, 0.25) is 0 Å². The highest BCUT2D eigenvalue weighted by Gasteiger charge is 2.75. The van der Waals surface area contributed by atoms with Crippen molar-refractivity contribution in [3.63, 3.8) is 0 Å². The average Bonchev–Trinajstić information content (AvgIpc) is 3.21. The lowest BCUT2D eigenvalue weighted by molar-refractivity contribution is -0.228. The molecule has 0 radical (unpaired) electrons. The minimum atomic E-state index is -0.862. The maximum absolute atomic E-state index is 12.8. The normalized spacial score (nSPS) is 54.2. The van der Waals surface area contributed by atoms with Crippen LogP contribution in [0.1, 0.15) is 92.9 Å². The van der Waals surface area contributed by atoms with Crippen LogP contribution in [0.2, 0.25) is 0 Å². The monoisotopic (exact) mass is 486 g/mol. The number of fused-ring (bicyclic) bond motifs is 7. The SMILES string of the molecule is C=C(C)[C@@H]1CC[C@]2(C(=O)O)CC[C@]3(C)[C@H](CC[C@@H]4[C@@]5(C)[C@@H](C(=O)O)[C@H](O)C(C)(C)[C@@H]5CC[C@]43C)[C@H]12. The van der Waals surface area contributed by atoms with E-state index in [4.69, 9.17) is 0 Å². The molecule has 5 fully saturated rings. The first-order valence-electron chi connectivity index (χ1n) is 13.9. The molecule has 0 unspecified atom stereocenters. The lowest BCUT2D eigenvalue weighted by atomic mass is 9.34. The fourth-order valence-corrected chi connectivity index (χ4v) is 11.8. The molecule has 0 bridgehead atoms. The molecular formula is C30H46O5. The van der Waals surface area contributed by atoms with Crippen LogP contribution in [0.3, 0.4) is 0 Å². The van der Waals surface area contributed by atoms with Crippen LogP contribution >= 0.6 is 0 Å². The van der Waals surface area contributed by atoms with Crippen molar-refractivity contribution in [1.29, 1.82) is 0 Å². The molecule has 5 heteroatoms. The van der Waals surface area contributed by atoms with Crippen molar-refractivity contribution in [2.45, 2.75) is 99.0 Å². The molecule has 0 heterocycles. The van der Waals surface area contributed by atoms with Gasteiger partial charge in [0.15, 0.2) is 0 Å². The van der Waals surface area contributed by atoms with Crippen LogP contribution in [-0.2, 0) is 9.59 Å². The third-order valence-electron chi connectivity index (χ3n) is 13.6. The van der Waals surface area contributed by atoms with Gasteiger partial charge in [-0.3, -0.25) is 9.59 Å². The van der Waals surface area contributed by atoms with Crippen LogP contribution in [0.4, 0.5) is 0 Å². The first kappa shape index (κ1) is 25.3. The summed E-state index contributed by atoms with van der Waals surface area (Å²) in [6, 6.07) is 0. The number of hydrogen-bond acceptors (Lipinski definition) is 3. The summed E-state index contributed by atoms with van der Waals surface area (Å²) in [7, 11) is 0. The van der Waals surface area contributed by atoms with Gasteiger partial charge in [0, 0.05) is 0 Å². The highest BCUT2D eigenvalue weighted by Crippen LogP contribution is 2.79. The predicted molar refractivity (Wildman–Crippen MR) is 135 cm³/mol. The number of carboxylic acids is 2. The van der Waals surface area contributed by atoms with Gasteiger partial charge in [-0.05, 0) is 110 Å². The predicted octanol–water partition coefficient (Wildman–Crippen LogP) is 6.01. The Hall–Kier alpha value is -1.36. The Bertz CT molecular complexity index is 970. The van der Waals surface area contributed by atoms with Crippen molar-refractivity contribution in [3.05, 3.63) is 12.2 Å². The lowest BCUT2D eigenvalue weighted by Crippen LogP contribution is -2.65. The zero-order valence-electron chi connectivity index (χ0n) is 22.6. The Balaban J connectivity index is 1.62. The summed E-state index contributed by atoms with van der Waals surface area (Å²) in [5.74, 6) is -1.21. The maximum Gasteiger partial charge on any atom is 0.309 e. The van der Waals surface area contributed by atoms with Crippen LogP contribution in [0.5, 0.6) is 0 Å². The zero-order chi connectivity index (χ0) is 25.9. The van der Waals surface area contributed by atoms with Gasteiger partial charge in [-0.25, -0.2) is 0 Å². The molecule has 0 aromatic rings. The lowest BCUT2D eigenvalue weighted by Gasteiger charge is -2.70. The van der Waals surface area contributed by atoms with E-state index in [9.17, 15) is 24.9 Å². The van der Waals surface area contributed by atoms with Gasteiger partial charge in [0.25, 0.3) is 0 Å². The minimum absolute atomic E-state index is 0.0493. The van der Waals surface area contributed by atoms with E-state index in [1.165, 1.54) is 0 Å². The fourth-order valence-electron chi connectivity index (χ4n) is 11.8. The smallest absolute Gasteiger partial charge is 0.309 e. The van der Waals surface area contributed by atoms with E-state index in [0.29, 0.717) is 12.3 Å². The molecule has 5 rings (SSSR count). The van der Waals surface area contributed by atoms with Crippen LogP contribution in [0.25, 0.3) is 0 Å². The highest BCUT2D eigenvalue weighted by atomic mass is 16.4. The molecule has 0 aromatic carbocycles. The average molecular weight is 487 g/mol. The molecule has 0 spiro atoms. The van der Waals surface area contributed by atoms with E-state index in [2.05, 4.69) is 48.1 Å². The Labute approximate surface area is 210 Å². The van der Waals surface area contributed by atoms with Gasteiger partial charge >= 0.3 is 11.9 Å². The van der Waals surface area contributed by atoms with Gasteiger partial charge in [-0.2, -0.15) is 0 Å². The van der Waals surface area contributed by atoms with Gasteiger partial charge in [-0.1, -0.05) is 46.8 Å². The molecule has 3 N–H and O–H groups in total. The molecule has 0 saturated heterocycles. The molecule has 11 atom stereocenters. The number of aliphatic carboxylic acids is 2.